The molecule has 1 aromatic rings. The van der Waals surface area contributed by atoms with Crippen LogP contribution in [0.25, 0.3) is 0 Å². The zero-order valence-electron chi connectivity index (χ0n) is 13.8. The molecule has 1 heterocycles. The number of nitro groups is 1. The molecule has 1 fully saturated rings. The molecule has 0 saturated carbocycles. The summed E-state index contributed by atoms with van der Waals surface area (Å²) in [6, 6.07) is 4.41. The minimum absolute atomic E-state index is 0.0176. The number of rotatable bonds is 5. The number of likely N-dealkylation sites (tertiary alicyclic amines) is 1. The van der Waals surface area contributed by atoms with Gasteiger partial charge < -0.3 is 15.0 Å². The first-order valence-electron chi connectivity index (χ1n) is 7.79. The van der Waals surface area contributed by atoms with Gasteiger partial charge in [-0.3, -0.25) is 19.7 Å². The maximum absolute atomic E-state index is 11.9. The van der Waals surface area contributed by atoms with Crippen LogP contribution in [-0.2, 0) is 9.59 Å². The molecule has 24 heavy (non-hydrogen) atoms. The van der Waals surface area contributed by atoms with Crippen molar-refractivity contribution in [2.24, 2.45) is 0 Å². The molecule has 0 aromatic heterocycles. The summed E-state index contributed by atoms with van der Waals surface area (Å²) in [5.74, 6) is 0.226. The molecular formula is C16H21N3O5. The summed E-state index contributed by atoms with van der Waals surface area (Å²) in [4.78, 5) is 35.3. The highest BCUT2D eigenvalue weighted by atomic mass is 16.6. The van der Waals surface area contributed by atoms with Crippen molar-refractivity contribution in [3.05, 3.63) is 33.9 Å². The number of hydrogen-bond donors (Lipinski definition) is 1. The van der Waals surface area contributed by atoms with E-state index in [1.165, 1.54) is 18.2 Å². The summed E-state index contributed by atoms with van der Waals surface area (Å²) in [6.07, 6.45) is 1.45. The zero-order chi connectivity index (χ0) is 17.7. The van der Waals surface area contributed by atoms with Gasteiger partial charge in [-0.1, -0.05) is 0 Å². The molecule has 0 aliphatic carbocycles. The van der Waals surface area contributed by atoms with Crippen LogP contribution in [0.15, 0.2) is 18.2 Å². The normalized spacial score (nSPS) is 15.0. The highest BCUT2D eigenvalue weighted by Gasteiger charge is 2.22. The van der Waals surface area contributed by atoms with Crippen LogP contribution in [0.2, 0.25) is 0 Å². The van der Waals surface area contributed by atoms with E-state index >= 15 is 0 Å². The SMILES string of the molecule is CC(=O)N1CCC(NC(=O)COc2ccc([N+](=O)[O-])c(C)c2)CC1. The van der Waals surface area contributed by atoms with E-state index in [9.17, 15) is 19.7 Å². The molecule has 1 N–H and O–H groups in total. The first-order valence-corrected chi connectivity index (χ1v) is 7.79. The summed E-state index contributed by atoms with van der Waals surface area (Å²) in [7, 11) is 0. The highest BCUT2D eigenvalue weighted by Crippen LogP contribution is 2.23. The largest absolute Gasteiger partial charge is 0.484 e. The van der Waals surface area contributed by atoms with Crippen molar-refractivity contribution < 1.29 is 19.2 Å². The first kappa shape index (κ1) is 17.7. The van der Waals surface area contributed by atoms with Gasteiger partial charge in [-0.05, 0) is 31.9 Å². The molecule has 0 radical (unpaired) electrons. The zero-order valence-corrected chi connectivity index (χ0v) is 13.8. The number of carbonyl (C=O) groups excluding carboxylic acids is 2. The van der Waals surface area contributed by atoms with Crippen LogP contribution in [0.3, 0.4) is 0 Å². The predicted molar refractivity (Wildman–Crippen MR) is 86.7 cm³/mol. The molecule has 130 valence electrons. The third-order valence-corrected chi connectivity index (χ3v) is 4.04. The fourth-order valence-corrected chi connectivity index (χ4v) is 2.68. The van der Waals surface area contributed by atoms with Gasteiger partial charge in [0.15, 0.2) is 6.61 Å². The van der Waals surface area contributed by atoms with E-state index in [0.717, 1.165) is 12.8 Å². The summed E-state index contributed by atoms with van der Waals surface area (Å²) in [6.45, 7) is 4.29. The van der Waals surface area contributed by atoms with Crippen LogP contribution < -0.4 is 10.1 Å². The summed E-state index contributed by atoms with van der Waals surface area (Å²) in [5.41, 5.74) is 0.499. The molecule has 0 spiro atoms. The number of benzene rings is 1. The van der Waals surface area contributed by atoms with Gasteiger partial charge in [-0.2, -0.15) is 0 Å². The van der Waals surface area contributed by atoms with Crippen molar-refractivity contribution in [2.75, 3.05) is 19.7 Å². The fraction of sp³-hybridized carbons (Fsp3) is 0.500. The van der Waals surface area contributed by atoms with E-state index in [1.807, 2.05) is 0 Å². The van der Waals surface area contributed by atoms with Crippen molar-refractivity contribution in [3.8, 4) is 5.75 Å². The molecule has 1 aliphatic rings. The Morgan fingerprint density at radius 2 is 2.04 bits per heavy atom. The first-order chi connectivity index (χ1) is 11.4. The number of nitrogens with zero attached hydrogens (tertiary/aromatic N) is 2. The van der Waals surface area contributed by atoms with E-state index in [0.29, 0.717) is 24.4 Å². The maximum atomic E-state index is 11.9. The topological polar surface area (TPSA) is 102 Å². The lowest BCUT2D eigenvalue weighted by Gasteiger charge is -2.31. The molecule has 1 aromatic carbocycles. The van der Waals surface area contributed by atoms with E-state index in [1.54, 1.807) is 18.7 Å². The minimum Gasteiger partial charge on any atom is -0.484 e. The van der Waals surface area contributed by atoms with Gasteiger partial charge in [0.25, 0.3) is 11.6 Å². The second-order valence-electron chi connectivity index (χ2n) is 5.84. The number of piperidine rings is 1. The number of carbonyl (C=O) groups is 2. The average Bonchev–Trinajstić information content (AvgIpc) is 2.53. The second-order valence-corrected chi connectivity index (χ2v) is 5.84. The molecule has 0 bridgehead atoms. The van der Waals surface area contributed by atoms with Crippen molar-refractivity contribution in [2.45, 2.75) is 32.7 Å². The van der Waals surface area contributed by atoms with Crippen molar-refractivity contribution in [3.63, 3.8) is 0 Å². The van der Waals surface area contributed by atoms with Crippen LogP contribution in [-0.4, -0.2) is 47.4 Å². The Morgan fingerprint density at radius 3 is 2.58 bits per heavy atom. The number of amides is 2. The van der Waals surface area contributed by atoms with Gasteiger partial charge in [-0.15, -0.1) is 0 Å². The van der Waals surface area contributed by atoms with Gasteiger partial charge in [0.1, 0.15) is 5.75 Å². The van der Waals surface area contributed by atoms with E-state index in [-0.39, 0.29) is 30.2 Å². The third kappa shape index (κ3) is 4.68. The number of aryl methyl sites for hydroxylation is 1. The van der Waals surface area contributed by atoms with Gasteiger partial charge in [0, 0.05) is 37.7 Å². The van der Waals surface area contributed by atoms with E-state index in [2.05, 4.69) is 5.32 Å². The van der Waals surface area contributed by atoms with Crippen molar-refractivity contribution >= 4 is 17.5 Å². The molecule has 2 amide bonds. The number of hydrogen-bond acceptors (Lipinski definition) is 5. The van der Waals surface area contributed by atoms with Gasteiger partial charge >= 0.3 is 0 Å². The van der Waals surface area contributed by atoms with Crippen molar-refractivity contribution in [1.29, 1.82) is 0 Å². The minimum atomic E-state index is -0.459. The lowest BCUT2D eigenvalue weighted by molar-refractivity contribution is -0.385. The van der Waals surface area contributed by atoms with Gasteiger partial charge in [0.05, 0.1) is 4.92 Å². The quantitative estimate of drug-likeness (QED) is 0.647. The Labute approximate surface area is 139 Å². The van der Waals surface area contributed by atoms with Gasteiger partial charge in [-0.25, -0.2) is 0 Å². The number of nitro benzene ring substituents is 1. The Kier molecular flexibility index (Phi) is 5.73. The Morgan fingerprint density at radius 1 is 1.38 bits per heavy atom. The molecule has 8 nitrogen and oxygen atoms in total. The third-order valence-electron chi connectivity index (χ3n) is 4.04. The summed E-state index contributed by atoms with van der Waals surface area (Å²) >= 11 is 0. The van der Waals surface area contributed by atoms with Crippen molar-refractivity contribution in [1.82, 2.24) is 10.2 Å². The fourth-order valence-electron chi connectivity index (χ4n) is 2.68. The monoisotopic (exact) mass is 335 g/mol. The van der Waals surface area contributed by atoms with E-state index < -0.39 is 4.92 Å². The lowest BCUT2D eigenvalue weighted by Crippen LogP contribution is -2.47. The highest BCUT2D eigenvalue weighted by molar-refractivity contribution is 5.78. The standard InChI is InChI=1S/C16H21N3O5/c1-11-9-14(3-4-15(11)19(22)23)24-10-16(21)17-13-5-7-18(8-6-13)12(2)20/h3-4,9,13H,5-8,10H2,1-2H3,(H,17,21). The smallest absolute Gasteiger partial charge is 0.272 e. The van der Waals surface area contributed by atoms with Crippen LogP contribution in [0.5, 0.6) is 5.75 Å². The molecule has 0 atom stereocenters. The molecule has 2 rings (SSSR count). The molecule has 1 saturated heterocycles. The Balaban J connectivity index is 1.78. The molecule has 8 heteroatoms. The van der Waals surface area contributed by atoms with Crippen LogP contribution in [0, 0.1) is 17.0 Å². The Hall–Kier alpha value is -2.64. The number of nitrogens with one attached hydrogen (secondary N) is 1. The van der Waals surface area contributed by atoms with Crippen LogP contribution >= 0.6 is 0 Å². The molecule has 0 unspecified atom stereocenters. The summed E-state index contributed by atoms with van der Waals surface area (Å²) < 4.78 is 5.39. The lowest BCUT2D eigenvalue weighted by atomic mass is 10.1. The van der Waals surface area contributed by atoms with Crippen LogP contribution in [0.4, 0.5) is 5.69 Å². The Bertz CT molecular complexity index is 639. The van der Waals surface area contributed by atoms with Gasteiger partial charge in [0.2, 0.25) is 5.91 Å². The van der Waals surface area contributed by atoms with E-state index in [4.69, 9.17) is 4.74 Å². The number of ether oxygens (including phenoxy) is 1. The summed E-state index contributed by atoms with van der Waals surface area (Å²) in [5, 5.41) is 13.6. The maximum Gasteiger partial charge on any atom is 0.272 e. The second kappa shape index (κ2) is 7.76. The predicted octanol–water partition coefficient (Wildman–Crippen LogP) is 1.41. The van der Waals surface area contributed by atoms with Crippen LogP contribution in [0.1, 0.15) is 25.3 Å². The average molecular weight is 335 g/mol. The molecule has 1 aliphatic heterocycles. The molecular weight excluding hydrogens is 314 g/mol.